The zero-order chi connectivity index (χ0) is 14.9. The molecule has 3 rings (SSSR count). The number of thioether (sulfide) groups is 1. The Morgan fingerprint density at radius 2 is 1.81 bits per heavy atom. The van der Waals surface area contributed by atoms with Gasteiger partial charge in [-0.1, -0.05) is 0 Å². The van der Waals surface area contributed by atoms with Crippen LogP contribution < -0.4 is 5.32 Å². The Morgan fingerprint density at radius 3 is 2.48 bits per heavy atom. The first-order valence-corrected chi connectivity index (χ1v) is 8.36. The average molecular weight is 317 g/mol. The molecular formula is C15H18F3NOS. The molecule has 1 unspecified atom stereocenters. The predicted octanol–water partition coefficient (Wildman–Crippen LogP) is 3.96. The monoisotopic (exact) mass is 317 g/mol. The van der Waals surface area contributed by atoms with E-state index in [2.05, 4.69) is 5.32 Å². The summed E-state index contributed by atoms with van der Waals surface area (Å²) in [5.74, 6) is -0.541. The Labute approximate surface area is 126 Å². The number of ether oxygens (including phenoxy) is 1. The summed E-state index contributed by atoms with van der Waals surface area (Å²) in [5.41, 5.74) is -0.391. The van der Waals surface area contributed by atoms with Gasteiger partial charge in [-0.05, 0) is 37.2 Å². The Hall–Kier alpha value is -0.880. The van der Waals surface area contributed by atoms with Gasteiger partial charge in [0, 0.05) is 24.8 Å². The van der Waals surface area contributed by atoms with Gasteiger partial charge in [-0.15, -0.1) is 0 Å². The molecule has 2 nitrogen and oxygen atoms in total. The van der Waals surface area contributed by atoms with Crippen molar-refractivity contribution in [1.29, 1.82) is 0 Å². The minimum atomic E-state index is -0.900. The van der Waals surface area contributed by atoms with Crippen molar-refractivity contribution in [1.82, 2.24) is 0 Å². The zero-order valence-electron chi connectivity index (χ0n) is 11.6. The fraction of sp³-hybridized carbons (Fsp3) is 0.600. The molecule has 1 atom stereocenters. The van der Waals surface area contributed by atoms with Gasteiger partial charge in [-0.2, -0.15) is 11.8 Å². The summed E-state index contributed by atoms with van der Waals surface area (Å²) in [6, 6.07) is 1.37. The van der Waals surface area contributed by atoms with Gasteiger partial charge >= 0.3 is 0 Å². The minimum Gasteiger partial charge on any atom is -0.377 e. The molecule has 1 N–H and O–H groups in total. The lowest BCUT2D eigenvalue weighted by Gasteiger charge is -2.43. The first-order chi connectivity index (χ1) is 10.1. The molecule has 0 aliphatic carbocycles. The second kappa shape index (κ2) is 6.08. The Kier molecular flexibility index (Phi) is 4.36. The lowest BCUT2D eigenvalue weighted by Crippen LogP contribution is -2.46. The van der Waals surface area contributed by atoms with Gasteiger partial charge in [-0.25, -0.2) is 13.2 Å². The van der Waals surface area contributed by atoms with Crippen LogP contribution in [0.5, 0.6) is 0 Å². The highest BCUT2D eigenvalue weighted by Gasteiger charge is 2.39. The number of hydrogen-bond acceptors (Lipinski definition) is 3. The van der Waals surface area contributed by atoms with E-state index in [-0.39, 0.29) is 17.3 Å². The van der Waals surface area contributed by atoms with Crippen LogP contribution in [0.4, 0.5) is 18.9 Å². The molecule has 0 amide bonds. The van der Waals surface area contributed by atoms with E-state index in [1.165, 1.54) is 0 Å². The molecule has 0 aromatic heterocycles. The molecule has 1 aromatic carbocycles. The molecule has 1 spiro atoms. The van der Waals surface area contributed by atoms with Crippen LogP contribution in [-0.2, 0) is 4.74 Å². The number of hydrogen-bond donors (Lipinski definition) is 1. The molecule has 6 heteroatoms. The van der Waals surface area contributed by atoms with Crippen LogP contribution in [0.3, 0.4) is 0 Å². The van der Waals surface area contributed by atoms with E-state index in [9.17, 15) is 13.2 Å². The van der Waals surface area contributed by atoms with Crippen molar-refractivity contribution in [2.75, 3.05) is 23.4 Å². The zero-order valence-corrected chi connectivity index (χ0v) is 12.4. The van der Waals surface area contributed by atoms with Crippen LogP contribution in [0.25, 0.3) is 0 Å². The summed E-state index contributed by atoms with van der Waals surface area (Å²) < 4.78 is 46.3. The van der Waals surface area contributed by atoms with Crippen molar-refractivity contribution < 1.29 is 17.9 Å². The van der Waals surface area contributed by atoms with Gasteiger partial charge in [0.2, 0.25) is 0 Å². The molecule has 0 radical (unpaired) electrons. The second-order valence-corrected chi connectivity index (χ2v) is 6.95. The molecule has 0 saturated carbocycles. The summed E-state index contributed by atoms with van der Waals surface area (Å²) in [4.78, 5) is 0. The van der Waals surface area contributed by atoms with E-state index in [0.29, 0.717) is 25.2 Å². The maximum absolute atomic E-state index is 13.7. The Morgan fingerprint density at radius 1 is 1.14 bits per heavy atom. The van der Waals surface area contributed by atoms with Crippen molar-refractivity contribution in [3.8, 4) is 0 Å². The lowest BCUT2D eigenvalue weighted by molar-refractivity contribution is -0.0866. The van der Waals surface area contributed by atoms with E-state index < -0.39 is 17.5 Å². The van der Waals surface area contributed by atoms with Crippen LogP contribution in [0.15, 0.2) is 12.1 Å². The molecule has 2 aliphatic rings. The first-order valence-electron chi connectivity index (χ1n) is 7.21. The van der Waals surface area contributed by atoms with Crippen LogP contribution in [0.2, 0.25) is 0 Å². The van der Waals surface area contributed by atoms with Crippen molar-refractivity contribution in [2.45, 2.75) is 37.3 Å². The maximum Gasteiger partial charge on any atom is 0.152 e. The van der Waals surface area contributed by atoms with Crippen molar-refractivity contribution in [3.05, 3.63) is 29.6 Å². The van der Waals surface area contributed by atoms with E-state index >= 15 is 0 Å². The second-order valence-electron chi connectivity index (χ2n) is 5.72. The fourth-order valence-electron chi connectivity index (χ4n) is 3.13. The van der Waals surface area contributed by atoms with Crippen LogP contribution in [0, 0.1) is 17.5 Å². The van der Waals surface area contributed by atoms with Crippen molar-refractivity contribution in [3.63, 3.8) is 0 Å². The third-order valence-electron chi connectivity index (χ3n) is 4.25. The van der Waals surface area contributed by atoms with E-state index in [4.69, 9.17) is 4.74 Å². The third-order valence-corrected chi connectivity index (χ3v) is 5.24. The highest BCUT2D eigenvalue weighted by molar-refractivity contribution is 7.99. The molecule has 2 fully saturated rings. The molecule has 2 aliphatic heterocycles. The van der Waals surface area contributed by atoms with Crippen molar-refractivity contribution in [2.24, 2.45) is 0 Å². The van der Waals surface area contributed by atoms with E-state index in [1.807, 2.05) is 11.8 Å². The first kappa shape index (κ1) is 15.0. The van der Waals surface area contributed by atoms with Crippen LogP contribution in [0.1, 0.15) is 25.7 Å². The fourth-order valence-corrected chi connectivity index (χ4v) is 4.36. The minimum absolute atomic E-state index is 0.0451. The standard InChI is InChI=1S/C15H18F3NOS/c16-10-7-12(17)14(13(18)8-10)19-11-1-4-20-15(9-11)2-5-21-6-3-15/h7-8,11,19H,1-6,9H2. The van der Waals surface area contributed by atoms with Gasteiger partial charge in [0.15, 0.2) is 11.6 Å². The van der Waals surface area contributed by atoms with Crippen LogP contribution in [-0.4, -0.2) is 29.8 Å². The average Bonchev–Trinajstić information content (AvgIpc) is 2.44. The highest BCUT2D eigenvalue weighted by atomic mass is 32.2. The van der Waals surface area contributed by atoms with Crippen molar-refractivity contribution >= 4 is 17.4 Å². The topological polar surface area (TPSA) is 21.3 Å². The largest absolute Gasteiger partial charge is 0.377 e. The molecule has 2 heterocycles. The lowest BCUT2D eigenvalue weighted by atomic mass is 9.85. The van der Waals surface area contributed by atoms with Gasteiger partial charge in [-0.3, -0.25) is 0 Å². The van der Waals surface area contributed by atoms with E-state index in [0.717, 1.165) is 30.8 Å². The third kappa shape index (κ3) is 3.31. The molecule has 116 valence electrons. The molecule has 1 aromatic rings. The predicted molar refractivity (Wildman–Crippen MR) is 78.2 cm³/mol. The van der Waals surface area contributed by atoms with Gasteiger partial charge in [0.25, 0.3) is 0 Å². The maximum atomic E-state index is 13.7. The van der Waals surface area contributed by atoms with Gasteiger partial charge < -0.3 is 10.1 Å². The SMILES string of the molecule is Fc1cc(F)c(NC2CCOC3(CCSCC3)C2)c(F)c1. The van der Waals surface area contributed by atoms with Crippen LogP contribution >= 0.6 is 11.8 Å². The molecular weight excluding hydrogens is 299 g/mol. The molecule has 2 saturated heterocycles. The summed E-state index contributed by atoms with van der Waals surface area (Å²) >= 11 is 1.91. The summed E-state index contributed by atoms with van der Waals surface area (Å²) in [6.07, 6.45) is 3.39. The van der Waals surface area contributed by atoms with E-state index in [1.54, 1.807) is 0 Å². The normalized spacial score (nSPS) is 25.0. The molecule has 21 heavy (non-hydrogen) atoms. The Balaban J connectivity index is 1.73. The summed E-state index contributed by atoms with van der Waals surface area (Å²) in [6.45, 7) is 0.590. The quantitative estimate of drug-likeness (QED) is 0.892. The summed E-state index contributed by atoms with van der Waals surface area (Å²) in [7, 11) is 0. The smallest absolute Gasteiger partial charge is 0.152 e. The van der Waals surface area contributed by atoms with Gasteiger partial charge in [0.05, 0.1) is 5.60 Å². The molecule has 0 bridgehead atoms. The highest BCUT2D eigenvalue weighted by Crippen LogP contribution is 2.38. The Bertz CT molecular complexity index is 491. The van der Waals surface area contributed by atoms with Gasteiger partial charge in [0.1, 0.15) is 11.5 Å². The number of rotatable bonds is 2. The summed E-state index contributed by atoms with van der Waals surface area (Å²) in [5, 5.41) is 2.91. The number of halogens is 3. The number of anilines is 1. The number of nitrogens with one attached hydrogen (secondary N) is 1. The number of benzene rings is 1.